The number of ether oxygens (including phenoxy) is 1. The lowest BCUT2D eigenvalue weighted by Gasteiger charge is -2.20. The Morgan fingerprint density at radius 3 is 2.27 bits per heavy atom. The smallest absolute Gasteiger partial charge is 0.425 e. The van der Waals surface area contributed by atoms with Gasteiger partial charge in [0.2, 0.25) is 0 Å². The summed E-state index contributed by atoms with van der Waals surface area (Å²) in [6, 6.07) is 4.91. The molecule has 3 nitrogen and oxygen atoms in total. The summed E-state index contributed by atoms with van der Waals surface area (Å²) in [5.41, 5.74) is -0.0157. The molecule has 22 heavy (non-hydrogen) atoms. The Bertz CT molecular complexity index is 455. The van der Waals surface area contributed by atoms with Crippen molar-refractivity contribution in [2.75, 3.05) is 0 Å². The third-order valence-electron chi connectivity index (χ3n) is 3.29. The van der Waals surface area contributed by atoms with Crippen molar-refractivity contribution < 1.29 is 27.8 Å². The van der Waals surface area contributed by atoms with Gasteiger partial charge in [-0.25, -0.2) is 4.79 Å². The Morgan fingerprint density at radius 2 is 1.73 bits per heavy atom. The van der Waals surface area contributed by atoms with Crippen molar-refractivity contribution in [3.05, 3.63) is 29.8 Å². The molecule has 1 aromatic rings. The number of unbranched alkanes of at least 4 members (excludes halogenated alkanes) is 4. The normalized spacial score (nSPS) is 12.9. The predicted octanol–water partition coefficient (Wildman–Crippen LogP) is 4.84. The van der Waals surface area contributed by atoms with Gasteiger partial charge in [-0.05, 0) is 37.1 Å². The third kappa shape index (κ3) is 6.37. The molecular formula is C16H21F3O3. The average Bonchev–Trinajstić information content (AvgIpc) is 2.45. The highest BCUT2D eigenvalue weighted by atomic mass is 19.4. The minimum atomic E-state index is -4.57. The topological polar surface area (TPSA) is 46.5 Å². The minimum Gasteiger partial charge on any atom is -0.508 e. The number of rotatable bonds is 8. The van der Waals surface area contributed by atoms with Gasteiger partial charge in [-0.3, -0.25) is 0 Å². The number of hydrogen-bond donors (Lipinski definition) is 1. The fourth-order valence-corrected chi connectivity index (χ4v) is 2.02. The molecule has 0 aliphatic rings. The minimum absolute atomic E-state index is 0.0157. The molecule has 1 rings (SSSR count). The standard InChI is InChI=1S/C16H21F3O3/c1-2-3-4-5-6-7-14(16(17,18)19)22-15(21)12-8-10-13(20)11-9-12/h8-11,14,20H,2-7H2,1H3/t14-/m0/s1. The molecule has 0 aromatic heterocycles. The van der Waals surface area contributed by atoms with Crippen LogP contribution in [0.2, 0.25) is 0 Å². The SMILES string of the molecule is CCCCCCC[C@H](OC(=O)c1ccc(O)cc1)C(F)(F)F. The van der Waals surface area contributed by atoms with Crippen molar-refractivity contribution >= 4 is 5.97 Å². The summed E-state index contributed by atoms with van der Waals surface area (Å²) in [5.74, 6) is -1.10. The Kier molecular flexibility index (Phi) is 7.21. The molecule has 0 amide bonds. The molecule has 0 spiro atoms. The van der Waals surface area contributed by atoms with Gasteiger partial charge in [-0.15, -0.1) is 0 Å². The van der Waals surface area contributed by atoms with E-state index in [0.29, 0.717) is 12.8 Å². The van der Waals surface area contributed by atoms with Gasteiger partial charge in [-0.2, -0.15) is 13.2 Å². The molecule has 1 N–H and O–H groups in total. The summed E-state index contributed by atoms with van der Waals surface area (Å²) < 4.78 is 43.4. The largest absolute Gasteiger partial charge is 0.508 e. The summed E-state index contributed by atoms with van der Waals surface area (Å²) in [5, 5.41) is 9.10. The number of phenolic OH excluding ortho intramolecular Hbond substituents is 1. The zero-order valence-electron chi connectivity index (χ0n) is 12.5. The van der Waals surface area contributed by atoms with Gasteiger partial charge < -0.3 is 9.84 Å². The van der Waals surface area contributed by atoms with E-state index in [1.54, 1.807) is 0 Å². The van der Waals surface area contributed by atoms with E-state index in [2.05, 4.69) is 4.74 Å². The fraction of sp³-hybridized carbons (Fsp3) is 0.562. The van der Waals surface area contributed by atoms with Crippen molar-refractivity contribution in [1.82, 2.24) is 0 Å². The van der Waals surface area contributed by atoms with Gasteiger partial charge in [0, 0.05) is 0 Å². The second kappa shape index (κ2) is 8.66. The first kappa shape index (κ1) is 18.3. The van der Waals surface area contributed by atoms with Gasteiger partial charge in [0.1, 0.15) is 5.75 Å². The van der Waals surface area contributed by atoms with Crippen molar-refractivity contribution in [1.29, 1.82) is 0 Å². The summed E-state index contributed by atoms with van der Waals surface area (Å²) in [4.78, 5) is 11.7. The molecule has 0 fully saturated rings. The number of carbonyl (C=O) groups is 1. The maximum absolute atomic E-state index is 12.9. The van der Waals surface area contributed by atoms with Gasteiger partial charge in [0.05, 0.1) is 5.56 Å². The lowest BCUT2D eigenvalue weighted by atomic mass is 10.1. The summed E-state index contributed by atoms with van der Waals surface area (Å²) in [7, 11) is 0. The molecule has 1 aromatic carbocycles. The second-order valence-corrected chi connectivity index (χ2v) is 5.19. The van der Waals surface area contributed by atoms with E-state index < -0.39 is 18.2 Å². The number of aromatic hydroxyl groups is 1. The lowest BCUT2D eigenvalue weighted by molar-refractivity contribution is -0.206. The van der Waals surface area contributed by atoms with Gasteiger partial charge in [-0.1, -0.05) is 32.6 Å². The molecule has 0 bridgehead atoms. The number of hydrogen-bond acceptors (Lipinski definition) is 3. The zero-order valence-corrected chi connectivity index (χ0v) is 12.5. The molecular weight excluding hydrogens is 297 g/mol. The predicted molar refractivity (Wildman–Crippen MR) is 76.7 cm³/mol. The van der Waals surface area contributed by atoms with Gasteiger partial charge >= 0.3 is 12.1 Å². The van der Waals surface area contributed by atoms with Crippen molar-refractivity contribution in [3.63, 3.8) is 0 Å². The first-order chi connectivity index (χ1) is 10.3. The Hall–Kier alpha value is -1.72. The third-order valence-corrected chi connectivity index (χ3v) is 3.29. The molecule has 0 unspecified atom stereocenters. The molecule has 0 heterocycles. The van der Waals surface area contributed by atoms with E-state index >= 15 is 0 Å². The second-order valence-electron chi connectivity index (χ2n) is 5.19. The van der Waals surface area contributed by atoms with Crippen LogP contribution in [0, 0.1) is 0 Å². The van der Waals surface area contributed by atoms with Crippen LogP contribution in [0.4, 0.5) is 13.2 Å². The Labute approximate surface area is 128 Å². The average molecular weight is 318 g/mol. The van der Waals surface area contributed by atoms with Crippen LogP contribution in [0.15, 0.2) is 24.3 Å². The zero-order chi connectivity index (χ0) is 16.6. The maximum atomic E-state index is 12.9. The number of alkyl halides is 3. The Morgan fingerprint density at radius 1 is 1.14 bits per heavy atom. The molecule has 0 aliphatic carbocycles. The van der Waals surface area contributed by atoms with Crippen LogP contribution in [0.5, 0.6) is 5.75 Å². The van der Waals surface area contributed by atoms with Crippen LogP contribution in [0.3, 0.4) is 0 Å². The van der Waals surface area contributed by atoms with E-state index in [9.17, 15) is 18.0 Å². The van der Waals surface area contributed by atoms with E-state index in [4.69, 9.17) is 5.11 Å². The number of halogens is 3. The number of esters is 1. The summed E-state index contributed by atoms with van der Waals surface area (Å²) in [6.45, 7) is 2.03. The van der Waals surface area contributed by atoms with E-state index in [-0.39, 0.29) is 17.7 Å². The first-order valence-corrected chi connectivity index (χ1v) is 7.41. The van der Waals surface area contributed by atoms with E-state index in [1.165, 1.54) is 24.3 Å². The quantitative estimate of drug-likeness (QED) is 0.551. The fourth-order valence-electron chi connectivity index (χ4n) is 2.02. The van der Waals surface area contributed by atoms with Crippen LogP contribution in [0.25, 0.3) is 0 Å². The first-order valence-electron chi connectivity index (χ1n) is 7.41. The number of phenols is 1. The molecule has 0 saturated carbocycles. The molecule has 6 heteroatoms. The summed E-state index contributed by atoms with van der Waals surface area (Å²) in [6.07, 6.45) is -2.94. The molecule has 1 atom stereocenters. The number of benzene rings is 1. The van der Waals surface area contributed by atoms with Crippen molar-refractivity contribution in [2.24, 2.45) is 0 Å². The maximum Gasteiger partial charge on any atom is 0.425 e. The molecule has 0 saturated heterocycles. The van der Waals surface area contributed by atoms with E-state index in [0.717, 1.165) is 19.3 Å². The van der Waals surface area contributed by atoms with E-state index in [1.807, 2.05) is 6.92 Å². The highest BCUT2D eigenvalue weighted by molar-refractivity contribution is 5.89. The molecule has 0 radical (unpaired) electrons. The lowest BCUT2D eigenvalue weighted by Crippen LogP contribution is -2.33. The van der Waals surface area contributed by atoms with Crippen molar-refractivity contribution in [2.45, 2.75) is 57.7 Å². The van der Waals surface area contributed by atoms with Crippen LogP contribution < -0.4 is 0 Å². The van der Waals surface area contributed by atoms with Crippen LogP contribution in [0.1, 0.15) is 55.8 Å². The van der Waals surface area contributed by atoms with Gasteiger partial charge in [0.25, 0.3) is 0 Å². The van der Waals surface area contributed by atoms with Crippen molar-refractivity contribution in [3.8, 4) is 5.75 Å². The Balaban J connectivity index is 2.57. The van der Waals surface area contributed by atoms with Crippen LogP contribution >= 0.6 is 0 Å². The molecule has 124 valence electrons. The molecule has 0 aliphatic heterocycles. The van der Waals surface area contributed by atoms with Crippen LogP contribution in [-0.2, 0) is 4.74 Å². The van der Waals surface area contributed by atoms with Gasteiger partial charge in [0.15, 0.2) is 6.10 Å². The summed E-state index contributed by atoms with van der Waals surface area (Å²) >= 11 is 0. The highest BCUT2D eigenvalue weighted by Crippen LogP contribution is 2.28. The monoisotopic (exact) mass is 318 g/mol. The highest BCUT2D eigenvalue weighted by Gasteiger charge is 2.42. The number of carbonyl (C=O) groups excluding carboxylic acids is 1. The van der Waals surface area contributed by atoms with Crippen LogP contribution in [-0.4, -0.2) is 23.4 Å².